The molecule has 4 N–H and O–H groups in total. The maximum Gasteiger partial charge on any atom is 0.255 e. The van der Waals surface area contributed by atoms with Crippen LogP contribution < -0.4 is 16.0 Å². The molecule has 0 unspecified atom stereocenters. The number of hydrogen-bond donors (Lipinski definition) is 3. The Morgan fingerprint density at radius 1 is 1.10 bits per heavy atom. The number of carbonyl (C=O) groups is 2. The van der Waals surface area contributed by atoms with Crippen LogP contribution in [0.5, 0.6) is 0 Å². The van der Waals surface area contributed by atoms with E-state index >= 15 is 0 Å². The van der Waals surface area contributed by atoms with Crippen LogP contribution in [0.1, 0.15) is 48.9 Å². The number of hydrogen-bond acceptors (Lipinski definition) is 6. The zero-order valence-corrected chi connectivity index (χ0v) is 17.0. The second kappa shape index (κ2) is 10.4. The van der Waals surface area contributed by atoms with Crippen molar-refractivity contribution in [1.29, 1.82) is 0 Å². The molecule has 1 aliphatic heterocycles. The van der Waals surface area contributed by atoms with Crippen LogP contribution in [0.25, 0.3) is 0 Å². The van der Waals surface area contributed by atoms with Gasteiger partial charge >= 0.3 is 0 Å². The lowest BCUT2D eigenvalue weighted by molar-refractivity contribution is -0.105. The van der Waals surface area contributed by atoms with Crippen molar-refractivity contribution in [3.8, 4) is 0 Å². The molecule has 3 rings (SSSR count). The number of nitrogens with zero attached hydrogens (tertiary/aromatic N) is 2. The SMILES string of the molecule is N/C=C(\C=C(/C=O)NC(=O)c1ccc(N2CCCCC2)cc1)C1=C/C(=N\O)CCC1. The molecule has 0 atom stereocenters. The molecule has 0 spiro atoms. The van der Waals surface area contributed by atoms with Gasteiger partial charge in [0.1, 0.15) is 0 Å². The lowest BCUT2D eigenvalue weighted by Gasteiger charge is -2.28. The lowest BCUT2D eigenvalue weighted by atomic mass is 9.92. The number of carbonyl (C=O) groups excluding carboxylic acids is 2. The zero-order chi connectivity index (χ0) is 21.3. The van der Waals surface area contributed by atoms with E-state index in [1.807, 2.05) is 12.1 Å². The number of nitrogens with one attached hydrogen (secondary N) is 1. The summed E-state index contributed by atoms with van der Waals surface area (Å²) in [5, 5.41) is 14.9. The molecule has 1 aromatic rings. The first-order chi connectivity index (χ1) is 14.6. The molecular formula is C23H28N4O3. The number of benzene rings is 1. The molecule has 1 aliphatic carbocycles. The summed E-state index contributed by atoms with van der Waals surface area (Å²) in [6.45, 7) is 2.08. The van der Waals surface area contributed by atoms with Crippen molar-refractivity contribution in [2.45, 2.75) is 38.5 Å². The van der Waals surface area contributed by atoms with Crippen molar-refractivity contribution in [3.05, 3.63) is 65.0 Å². The third-order valence-corrected chi connectivity index (χ3v) is 5.45. The Balaban J connectivity index is 1.70. The highest BCUT2D eigenvalue weighted by Crippen LogP contribution is 2.24. The van der Waals surface area contributed by atoms with Crippen LogP contribution in [0.15, 0.2) is 64.6 Å². The minimum absolute atomic E-state index is 0.116. The van der Waals surface area contributed by atoms with E-state index in [4.69, 9.17) is 10.9 Å². The first kappa shape index (κ1) is 21.4. The monoisotopic (exact) mass is 408 g/mol. The molecule has 1 heterocycles. The molecule has 1 amide bonds. The van der Waals surface area contributed by atoms with Gasteiger partial charge in [-0.1, -0.05) is 5.16 Å². The van der Waals surface area contributed by atoms with Crippen LogP contribution >= 0.6 is 0 Å². The van der Waals surface area contributed by atoms with Gasteiger partial charge in [0.2, 0.25) is 0 Å². The Morgan fingerprint density at radius 3 is 2.47 bits per heavy atom. The van der Waals surface area contributed by atoms with Gasteiger partial charge in [0.25, 0.3) is 5.91 Å². The van der Waals surface area contributed by atoms with E-state index < -0.39 is 0 Å². The highest BCUT2D eigenvalue weighted by atomic mass is 16.4. The van der Waals surface area contributed by atoms with Gasteiger partial charge in [0.15, 0.2) is 6.29 Å². The number of anilines is 1. The second-order valence-electron chi connectivity index (χ2n) is 7.50. The first-order valence-corrected chi connectivity index (χ1v) is 10.3. The second-order valence-corrected chi connectivity index (χ2v) is 7.50. The predicted octanol–water partition coefficient (Wildman–Crippen LogP) is 3.27. The lowest BCUT2D eigenvalue weighted by Crippen LogP contribution is -2.29. The smallest absolute Gasteiger partial charge is 0.255 e. The number of amides is 1. The molecule has 7 heteroatoms. The van der Waals surface area contributed by atoms with Crippen molar-refractivity contribution in [2.75, 3.05) is 18.0 Å². The number of nitrogens with two attached hydrogens (primary N) is 1. The summed E-state index contributed by atoms with van der Waals surface area (Å²) in [6.07, 6.45) is 11.2. The van der Waals surface area contributed by atoms with E-state index in [-0.39, 0.29) is 11.6 Å². The number of piperidine rings is 1. The standard InChI is InChI=1S/C23H28N4O3/c24-15-19(18-5-4-6-20(13-18)26-30)14-21(16-28)25-23(29)17-7-9-22(10-8-17)27-11-2-1-3-12-27/h7-10,13-16,30H,1-6,11-12,24H2,(H,25,29)/b19-15+,21-14+,26-20-. The van der Waals surface area contributed by atoms with E-state index in [1.54, 1.807) is 24.3 Å². The summed E-state index contributed by atoms with van der Waals surface area (Å²) >= 11 is 0. The van der Waals surface area contributed by atoms with Crippen LogP contribution in [0.4, 0.5) is 5.69 Å². The molecule has 0 bridgehead atoms. The topological polar surface area (TPSA) is 108 Å². The van der Waals surface area contributed by atoms with Crippen molar-refractivity contribution >= 4 is 23.6 Å². The number of allylic oxidation sites excluding steroid dienone is 5. The van der Waals surface area contributed by atoms with E-state index in [0.717, 1.165) is 37.2 Å². The highest BCUT2D eigenvalue weighted by Gasteiger charge is 2.15. The molecule has 0 radical (unpaired) electrons. The number of rotatable bonds is 6. The van der Waals surface area contributed by atoms with Crippen molar-refractivity contribution in [3.63, 3.8) is 0 Å². The number of oxime groups is 1. The minimum Gasteiger partial charge on any atom is -0.411 e. The Kier molecular flexibility index (Phi) is 7.43. The maximum absolute atomic E-state index is 12.6. The Bertz CT molecular complexity index is 892. The Morgan fingerprint density at radius 2 is 1.83 bits per heavy atom. The van der Waals surface area contributed by atoms with Gasteiger partial charge in [-0.3, -0.25) is 9.59 Å². The van der Waals surface area contributed by atoms with Gasteiger partial charge in [-0.2, -0.15) is 0 Å². The summed E-state index contributed by atoms with van der Waals surface area (Å²) in [7, 11) is 0. The fourth-order valence-corrected chi connectivity index (χ4v) is 3.81. The van der Waals surface area contributed by atoms with Crippen LogP contribution in [-0.2, 0) is 4.79 Å². The summed E-state index contributed by atoms with van der Waals surface area (Å²) in [5.41, 5.74) is 9.48. The molecular weight excluding hydrogens is 380 g/mol. The van der Waals surface area contributed by atoms with Crippen molar-refractivity contribution < 1.29 is 14.8 Å². The largest absolute Gasteiger partial charge is 0.411 e. The van der Waals surface area contributed by atoms with Crippen LogP contribution in [-0.4, -0.2) is 36.2 Å². The van der Waals surface area contributed by atoms with Gasteiger partial charge in [-0.25, -0.2) is 0 Å². The van der Waals surface area contributed by atoms with Crippen LogP contribution in [0.2, 0.25) is 0 Å². The van der Waals surface area contributed by atoms with E-state index in [1.165, 1.54) is 25.5 Å². The minimum atomic E-state index is -0.356. The molecule has 7 nitrogen and oxygen atoms in total. The molecule has 1 aromatic carbocycles. The summed E-state index contributed by atoms with van der Waals surface area (Å²) in [4.78, 5) is 26.5. The zero-order valence-electron chi connectivity index (χ0n) is 17.0. The molecule has 0 saturated carbocycles. The van der Waals surface area contributed by atoms with Gasteiger partial charge in [-0.15, -0.1) is 0 Å². The van der Waals surface area contributed by atoms with E-state index in [9.17, 15) is 9.59 Å². The fourth-order valence-electron chi connectivity index (χ4n) is 3.81. The summed E-state index contributed by atoms with van der Waals surface area (Å²) in [6, 6.07) is 7.43. The fraction of sp³-hybridized carbons (Fsp3) is 0.348. The van der Waals surface area contributed by atoms with Crippen molar-refractivity contribution in [1.82, 2.24) is 5.32 Å². The van der Waals surface area contributed by atoms with Gasteiger partial charge < -0.3 is 21.2 Å². The predicted molar refractivity (Wildman–Crippen MR) is 118 cm³/mol. The average molecular weight is 409 g/mol. The maximum atomic E-state index is 12.6. The van der Waals surface area contributed by atoms with Gasteiger partial charge in [0.05, 0.1) is 11.4 Å². The molecule has 30 heavy (non-hydrogen) atoms. The quantitative estimate of drug-likeness (QED) is 0.220. The third-order valence-electron chi connectivity index (χ3n) is 5.45. The number of aldehydes is 1. The van der Waals surface area contributed by atoms with Crippen LogP contribution in [0, 0.1) is 0 Å². The Labute approximate surface area is 176 Å². The molecule has 2 aliphatic rings. The van der Waals surface area contributed by atoms with Gasteiger partial charge in [-0.05, 0) is 86.1 Å². The normalized spacial score (nSPS) is 19.4. The van der Waals surface area contributed by atoms with Crippen molar-refractivity contribution in [2.24, 2.45) is 10.9 Å². The van der Waals surface area contributed by atoms with E-state index in [0.29, 0.717) is 29.6 Å². The van der Waals surface area contributed by atoms with Crippen LogP contribution in [0.3, 0.4) is 0 Å². The first-order valence-electron chi connectivity index (χ1n) is 10.3. The summed E-state index contributed by atoms with van der Waals surface area (Å²) in [5.74, 6) is -0.356. The highest BCUT2D eigenvalue weighted by molar-refractivity contribution is 5.99. The van der Waals surface area contributed by atoms with Gasteiger partial charge in [0, 0.05) is 30.5 Å². The summed E-state index contributed by atoms with van der Waals surface area (Å²) < 4.78 is 0. The van der Waals surface area contributed by atoms with E-state index in [2.05, 4.69) is 15.4 Å². The molecule has 1 saturated heterocycles. The molecule has 158 valence electrons. The molecule has 0 aromatic heterocycles. The molecule has 1 fully saturated rings. The Hall–Kier alpha value is -3.35. The third kappa shape index (κ3) is 5.37. The average Bonchev–Trinajstić information content (AvgIpc) is 2.82.